The van der Waals surface area contributed by atoms with Gasteiger partial charge in [0.2, 0.25) is 0 Å². The van der Waals surface area contributed by atoms with Crippen LogP contribution in [-0.4, -0.2) is 4.57 Å². The molecule has 0 fully saturated rings. The van der Waals surface area contributed by atoms with Gasteiger partial charge >= 0.3 is 0 Å². The summed E-state index contributed by atoms with van der Waals surface area (Å²) in [5.74, 6) is 0.351. The highest BCUT2D eigenvalue weighted by Gasteiger charge is 2.40. The number of allylic oxidation sites excluding steroid dienone is 10. The van der Waals surface area contributed by atoms with Gasteiger partial charge in [0, 0.05) is 33.4 Å². The highest BCUT2D eigenvalue weighted by atomic mass is 15.0. The molecule has 1 aliphatic rings. The van der Waals surface area contributed by atoms with E-state index in [-0.39, 0.29) is 11.5 Å². The van der Waals surface area contributed by atoms with E-state index in [1.807, 2.05) is 66.7 Å². The molecule has 408 valence electrons. The number of aromatic nitrogens is 1. The Morgan fingerprint density at radius 2 is 1.10 bits per heavy atom. The Bertz CT molecular complexity index is 3680. The Morgan fingerprint density at radius 3 is 1.66 bits per heavy atom. The van der Waals surface area contributed by atoms with E-state index in [9.17, 15) is 0 Å². The highest BCUT2D eigenvalue weighted by Crippen LogP contribution is 2.55. The van der Waals surface area contributed by atoms with Crippen LogP contribution in [0.4, 0.5) is 0 Å². The maximum Gasteiger partial charge on any atom is 0.0703 e. The normalized spacial score (nSPS) is 13.5. The number of fused-ring (bicyclic) bond motifs is 7. The van der Waals surface area contributed by atoms with Crippen LogP contribution in [0.25, 0.3) is 72.2 Å². The molecule has 9 aromatic rings. The summed E-state index contributed by atoms with van der Waals surface area (Å²) in [4.78, 5) is 0. The molecule has 1 heterocycles. The molecule has 1 aromatic heterocycles. The number of hydrogen-bond donors (Lipinski definition) is 1. The summed E-state index contributed by atoms with van der Waals surface area (Å²) in [5.41, 5.74) is 19.0. The Labute approximate surface area is 481 Å². The highest BCUT2D eigenvalue weighted by molar-refractivity contribution is 6.18. The van der Waals surface area contributed by atoms with Gasteiger partial charge in [0.15, 0.2) is 0 Å². The second-order valence-corrected chi connectivity index (χ2v) is 20.4. The minimum Gasteiger partial charge on any atom is -0.374 e. The summed E-state index contributed by atoms with van der Waals surface area (Å²) in [6.07, 6.45) is 16.6. The molecule has 0 bridgehead atoms. The van der Waals surface area contributed by atoms with E-state index >= 15 is 0 Å². The molecule has 1 N–H and O–H groups in total. The quantitative estimate of drug-likeness (QED) is 0.0733. The fourth-order valence-corrected chi connectivity index (χ4v) is 10.7. The van der Waals surface area contributed by atoms with Crippen LogP contribution in [0.2, 0.25) is 0 Å². The molecule has 0 amide bonds. The van der Waals surface area contributed by atoms with Gasteiger partial charge in [0.25, 0.3) is 0 Å². The van der Waals surface area contributed by atoms with Crippen molar-refractivity contribution in [2.75, 3.05) is 0 Å². The molecule has 1 aliphatic carbocycles. The van der Waals surface area contributed by atoms with E-state index in [1.54, 1.807) is 12.2 Å². The van der Waals surface area contributed by atoms with E-state index in [4.69, 9.17) is 6.58 Å². The van der Waals surface area contributed by atoms with Crippen molar-refractivity contribution in [2.45, 2.75) is 101 Å². The van der Waals surface area contributed by atoms with Crippen LogP contribution < -0.4 is 5.32 Å². The zero-order valence-corrected chi connectivity index (χ0v) is 50.2. The van der Waals surface area contributed by atoms with Crippen LogP contribution in [0.1, 0.15) is 128 Å². The Kier molecular flexibility index (Phi) is 22.0. The maximum absolute atomic E-state index is 4.84. The SMILES string of the molecule is C/C=C\C.C=C1/C(=C\c2c(C)n(-c3ccc(-c4cccc(/C(=C/C(C)C)NC(/C=C(\C)c5ccccc5)c5ccccc5)c4)cc3)c3ccccc23)C(C)(C)c2c1c1ccccc1c1ccccc21.C=CC(C=C)=CC.CC.CC. The monoisotopic (exact) mass is 1050 g/mol. The first-order valence-corrected chi connectivity index (χ1v) is 28.8. The summed E-state index contributed by atoms with van der Waals surface area (Å²) < 4.78 is 2.42. The first kappa shape index (κ1) is 60.8. The molecule has 0 spiro atoms. The van der Waals surface area contributed by atoms with Crippen molar-refractivity contribution >= 4 is 55.4 Å². The lowest BCUT2D eigenvalue weighted by molar-refractivity contribution is 0.671. The van der Waals surface area contributed by atoms with Crippen molar-refractivity contribution < 1.29 is 0 Å². The van der Waals surface area contributed by atoms with Crippen molar-refractivity contribution in [1.29, 1.82) is 0 Å². The summed E-state index contributed by atoms with van der Waals surface area (Å²) >= 11 is 0. The van der Waals surface area contributed by atoms with Crippen LogP contribution in [-0.2, 0) is 5.41 Å². The molecular weight excluding hydrogens is 965 g/mol. The smallest absolute Gasteiger partial charge is 0.0703 e. The van der Waals surface area contributed by atoms with Gasteiger partial charge in [-0.3, -0.25) is 0 Å². The minimum absolute atomic E-state index is 0.0163. The Balaban J connectivity index is 0.000000617. The number of benzene rings is 8. The van der Waals surface area contributed by atoms with E-state index in [2.05, 4.69) is 265 Å². The zero-order chi connectivity index (χ0) is 57.9. The molecule has 0 aliphatic heterocycles. The van der Waals surface area contributed by atoms with Gasteiger partial charge in [-0.2, -0.15) is 0 Å². The van der Waals surface area contributed by atoms with E-state index in [0.717, 1.165) is 28.1 Å². The lowest BCUT2D eigenvalue weighted by atomic mass is 9.79. The molecule has 2 nitrogen and oxygen atoms in total. The zero-order valence-electron chi connectivity index (χ0n) is 50.2. The van der Waals surface area contributed by atoms with Crippen molar-refractivity contribution in [2.24, 2.45) is 5.92 Å². The second kappa shape index (κ2) is 29.0. The number of nitrogens with zero attached hydrogens (tertiary/aromatic N) is 1. The maximum atomic E-state index is 4.84. The van der Waals surface area contributed by atoms with Crippen LogP contribution >= 0.6 is 0 Å². The average Bonchev–Trinajstić information content (AvgIpc) is 3.90. The lowest BCUT2D eigenvalue weighted by Crippen LogP contribution is -2.19. The third-order valence-electron chi connectivity index (χ3n) is 14.7. The number of rotatable bonds is 12. The van der Waals surface area contributed by atoms with Crippen molar-refractivity contribution in [3.05, 3.63) is 294 Å². The van der Waals surface area contributed by atoms with Crippen LogP contribution in [0.3, 0.4) is 0 Å². The Morgan fingerprint density at radius 1 is 0.575 bits per heavy atom. The predicted octanol–water partition coefficient (Wildman–Crippen LogP) is 22.7. The van der Waals surface area contributed by atoms with Crippen molar-refractivity contribution in [3.8, 4) is 16.8 Å². The summed E-state index contributed by atoms with van der Waals surface area (Å²) in [6, 6.07) is 66.0. The molecule has 8 aromatic carbocycles. The van der Waals surface area contributed by atoms with Gasteiger partial charge in [0.1, 0.15) is 0 Å². The molecule has 0 radical (unpaired) electrons. The fourth-order valence-electron chi connectivity index (χ4n) is 10.7. The second-order valence-electron chi connectivity index (χ2n) is 20.4. The van der Waals surface area contributed by atoms with Gasteiger partial charge in [-0.05, 0) is 154 Å². The summed E-state index contributed by atoms with van der Waals surface area (Å²) in [5, 5.41) is 10.4. The van der Waals surface area contributed by atoms with Gasteiger partial charge < -0.3 is 9.88 Å². The van der Waals surface area contributed by atoms with Crippen LogP contribution in [0.5, 0.6) is 0 Å². The topological polar surface area (TPSA) is 17.0 Å². The van der Waals surface area contributed by atoms with Crippen molar-refractivity contribution in [3.63, 3.8) is 0 Å². The van der Waals surface area contributed by atoms with E-state index in [1.165, 1.54) is 88.2 Å². The van der Waals surface area contributed by atoms with E-state index < -0.39 is 0 Å². The van der Waals surface area contributed by atoms with Gasteiger partial charge in [-0.25, -0.2) is 0 Å². The largest absolute Gasteiger partial charge is 0.374 e. The fraction of sp³-hybridized carbons (Fsp3) is 0.205. The van der Waals surface area contributed by atoms with Gasteiger partial charge in [-0.1, -0.05) is 275 Å². The molecule has 80 heavy (non-hydrogen) atoms. The first-order chi connectivity index (χ1) is 38.8. The summed E-state index contributed by atoms with van der Waals surface area (Å²) in [7, 11) is 0. The molecule has 1 atom stereocenters. The van der Waals surface area contributed by atoms with Gasteiger partial charge in [-0.15, -0.1) is 0 Å². The molecule has 10 rings (SSSR count). The first-order valence-electron chi connectivity index (χ1n) is 28.8. The molecule has 0 saturated heterocycles. The van der Waals surface area contributed by atoms with Gasteiger partial charge in [0.05, 0.1) is 11.6 Å². The minimum atomic E-state index is -0.248. The standard InChI is InChI=1S/C63H56N2.C7H10.C4H8.2C2H6/c1-41(2)37-58(64-59(47-23-12-9-13-24-47)38-42(3)45-21-10-8-11-22-45)49-26-20-25-48(39-49)46-33-35-50(36-34-46)65-44(5)56(53-29-18-19-32-60(53)65)40-57-43(4)61-54-30-16-14-27-51(54)52-28-15-17-31-55(52)62(61)63(57,6)7;1-4-7(5-2)6-3;1-3-4-2;2*1-2/h8-41,59,64H,4H2,1-3,5-7H3;4-6H,1-2H2,3H3;3-4H,1-2H3;2*1-2H3/b42-38+,57-40+,58-37-;;4-3-;;. The number of nitrogens with one attached hydrogen (secondary N) is 1. The average molecular weight is 1050 g/mol. The Hall–Kier alpha value is -8.46. The number of para-hydroxylation sites is 1. The number of hydrogen-bond acceptors (Lipinski definition) is 1. The lowest BCUT2D eigenvalue weighted by Gasteiger charge is -2.24. The molecule has 0 saturated carbocycles. The summed E-state index contributed by atoms with van der Waals surface area (Å²) in [6.45, 7) is 39.6. The third-order valence-corrected chi connectivity index (χ3v) is 14.7. The van der Waals surface area contributed by atoms with Crippen LogP contribution in [0, 0.1) is 12.8 Å². The van der Waals surface area contributed by atoms with Crippen molar-refractivity contribution in [1.82, 2.24) is 9.88 Å². The van der Waals surface area contributed by atoms with E-state index in [0.29, 0.717) is 5.92 Å². The molecule has 1 unspecified atom stereocenters. The van der Waals surface area contributed by atoms with Crippen LogP contribution in [0.15, 0.2) is 255 Å². The predicted molar refractivity (Wildman–Crippen MR) is 358 cm³/mol. The molecule has 2 heteroatoms. The molecular formula is C78H86N2. The third kappa shape index (κ3) is 13.5.